The van der Waals surface area contributed by atoms with E-state index in [0.29, 0.717) is 40.5 Å². The number of amides is 1. The van der Waals surface area contributed by atoms with E-state index in [1.165, 1.54) is 25.5 Å². The Morgan fingerprint density at radius 2 is 1.85 bits per heavy atom. The van der Waals surface area contributed by atoms with E-state index in [2.05, 4.69) is 42.4 Å². The molecule has 172 valence electrons. The first-order chi connectivity index (χ1) is 15.9. The van der Waals surface area contributed by atoms with Gasteiger partial charge in [0.05, 0.1) is 30.0 Å². The van der Waals surface area contributed by atoms with Crippen LogP contribution in [0.4, 0.5) is 0 Å². The molecular weight excluding hydrogens is 556 g/mol. The average Bonchev–Trinajstić information content (AvgIpc) is 2.79. The van der Waals surface area contributed by atoms with Gasteiger partial charge in [0, 0.05) is 10.5 Å². The molecular formula is C24H22Br2N2O5. The van der Waals surface area contributed by atoms with E-state index >= 15 is 0 Å². The van der Waals surface area contributed by atoms with E-state index in [0.717, 1.165) is 10.0 Å². The smallest absolute Gasteiger partial charge is 0.275 e. The van der Waals surface area contributed by atoms with Crippen LogP contribution >= 0.6 is 31.9 Å². The van der Waals surface area contributed by atoms with Crippen molar-refractivity contribution in [2.45, 2.75) is 13.5 Å². The molecule has 0 aromatic heterocycles. The molecule has 0 unspecified atom stereocenters. The van der Waals surface area contributed by atoms with Crippen LogP contribution in [-0.2, 0) is 6.61 Å². The molecule has 3 rings (SSSR count). The number of methoxy groups -OCH3 is 1. The molecule has 0 spiro atoms. The molecule has 0 aliphatic rings. The van der Waals surface area contributed by atoms with E-state index in [4.69, 9.17) is 14.2 Å². The Morgan fingerprint density at radius 1 is 1.09 bits per heavy atom. The number of phenolic OH excluding ortho intramolecular Hbond substituents is 1. The fourth-order valence-corrected chi connectivity index (χ4v) is 3.70. The first-order valence-corrected chi connectivity index (χ1v) is 11.5. The van der Waals surface area contributed by atoms with E-state index in [1.807, 2.05) is 31.2 Å². The maximum Gasteiger partial charge on any atom is 0.275 e. The van der Waals surface area contributed by atoms with Gasteiger partial charge in [-0.2, -0.15) is 5.10 Å². The second-order valence-electron chi connectivity index (χ2n) is 6.76. The number of ether oxygens (including phenoxy) is 3. The van der Waals surface area contributed by atoms with Gasteiger partial charge >= 0.3 is 0 Å². The fraction of sp³-hybridized carbons (Fsp3) is 0.167. The maximum atomic E-state index is 12.3. The Hall–Kier alpha value is -3.04. The van der Waals surface area contributed by atoms with Gasteiger partial charge in [0.25, 0.3) is 5.91 Å². The highest BCUT2D eigenvalue weighted by Gasteiger charge is 2.13. The van der Waals surface area contributed by atoms with E-state index in [1.54, 1.807) is 18.2 Å². The van der Waals surface area contributed by atoms with Crippen LogP contribution in [0, 0.1) is 0 Å². The lowest BCUT2D eigenvalue weighted by molar-refractivity contribution is 0.0952. The molecule has 3 aromatic rings. The topological polar surface area (TPSA) is 89.4 Å². The molecule has 0 bridgehead atoms. The summed E-state index contributed by atoms with van der Waals surface area (Å²) < 4.78 is 18.4. The van der Waals surface area contributed by atoms with Crippen LogP contribution in [0.5, 0.6) is 23.0 Å². The van der Waals surface area contributed by atoms with Crippen molar-refractivity contribution in [1.29, 1.82) is 0 Å². The Bertz CT molecular complexity index is 1150. The fourth-order valence-electron chi connectivity index (χ4n) is 2.86. The lowest BCUT2D eigenvalue weighted by atomic mass is 10.2. The van der Waals surface area contributed by atoms with Gasteiger partial charge < -0.3 is 19.3 Å². The predicted octanol–water partition coefficient (Wildman–Crippen LogP) is 5.67. The number of hydrazone groups is 1. The summed E-state index contributed by atoms with van der Waals surface area (Å²) in [5, 5.41) is 14.0. The van der Waals surface area contributed by atoms with Crippen molar-refractivity contribution in [3.63, 3.8) is 0 Å². The van der Waals surface area contributed by atoms with E-state index in [9.17, 15) is 9.90 Å². The normalized spacial score (nSPS) is 10.8. The lowest BCUT2D eigenvalue weighted by Crippen LogP contribution is -2.17. The number of hydrogen-bond donors (Lipinski definition) is 2. The average molecular weight is 578 g/mol. The molecule has 0 heterocycles. The van der Waals surface area contributed by atoms with Crippen molar-refractivity contribution < 1.29 is 24.1 Å². The van der Waals surface area contributed by atoms with Gasteiger partial charge in [-0.05, 0) is 70.4 Å². The van der Waals surface area contributed by atoms with Crippen LogP contribution in [0.3, 0.4) is 0 Å². The monoisotopic (exact) mass is 576 g/mol. The van der Waals surface area contributed by atoms with E-state index in [-0.39, 0.29) is 11.3 Å². The summed E-state index contributed by atoms with van der Waals surface area (Å²) in [5.41, 5.74) is 4.18. The third-order valence-corrected chi connectivity index (χ3v) is 5.58. The first kappa shape index (κ1) is 24.6. The van der Waals surface area contributed by atoms with Gasteiger partial charge in [0.1, 0.15) is 18.1 Å². The van der Waals surface area contributed by atoms with Gasteiger partial charge in [-0.25, -0.2) is 5.43 Å². The molecule has 0 atom stereocenters. The second kappa shape index (κ2) is 11.7. The zero-order valence-corrected chi connectivity index (χ0v) is 21.1. The van der Waals surface area contributed by atoms with Crippen LogP contribution < -0.4 is 19.6 Å². The van der Waals surface area contributed by atoms with Gasteiger partial charge in [-0.3, -0.25) is 4.79 Å². The highest BCUT2D eigenvalue weighted by Crippen LogP contribution is 2.37. The third-order valence-electron chi connectivity index (χ3n) is 4.46. The van der Waals surface area contributed by atoms with Gasteiger partial charge in [0.15, 0.2) is 11.5 Å². The number of aromatic hydroxyl groups is 1. The number of phenols is 1. The van der Waals surface area contributed by atoms with Crippen LogP contribution in [0.15, 0.2) is 68.6 Å². The SMILES string of the molecule is CCOc1cc(/C=N\NC(=O)c2ccc(OC)cc2O)cc(Br)c1OCc1ccc(Br)cc1. The number of rotatable bonds is 9. The Morgan fingerprint density at radius 3 is 2.52 bits per heavy atom. The van der Waals surface area contributed by atoms with Crippen molar-refractivity contribution in [3.05, 3.63) is 80.2 Å². The highest BCUT2D eigenvalue weighted by atomic mass is 79.9. The lowest BCUT2D eigenvalue weighted by Gasteiger charge is -2.14. The summed E-state index contributed by atoms with van der Waals surface area (Å²) in [6, 6.07) is 15.8. The number of benzene rings is 3. The summed E-state index contributed by atoms with van der Waals surface area (Å²) in [6.45, 7) is 2.71. The van der Waals surface area contributed by atoms with E-state index < -0.39 is 5.91 Å². The first-order valence-electron chi connectivity index (χ1n) is 9.95. The number of halogens is 2. The van der Waals surface area contributed by atoms with Crippen molar-refractivity contribution >= 4 is 44.0 Å². The molecule has 3 aromatic carbocycles. The molecule has 7 nitrogen and oxygen atoms in total. The zero-order chi connectivity index (χ0) is 23.8. The molecule has 0 aliphatic heterocycles. The van der Waals surface area contributed by atoms with Gasteiger partial charge in [0.2, 0.25) is 0 Å². The maximum absolute atomic E-state index is 12.3. The standard InChI is InChI=1S/C24H22Br2N2O5/c1-3-32-22-11-16(10-20(26)23(22)33-14-15-4-6-17(25)7-5-15)13-27-28-24(30)19-9-8-18(31-2)12-21(19)29/h4-13,29H,3,14H2,1-2H3,(H,28,30)/b27-13-. The molecule has 0 aliphatic carbocycles. The molecule has 1 amide bonds. The van der Waals surface area contributed by atoms with Crippen molar-refractivity contribution in [3.8, 4) is 23.0 Å². The predicted molar refractivity (Wildman–Crippen MR) is 134 cm³/mol. The second-order valence-corrected chi connectivity index (χ2v) is 8.53. The van der Waals surface area contributed by atoms with Crippen molar-refractivity contribution in [2.24, 2.45) is 5.10 Å². The van der Waals surface area contributed by atoms with Crippen LogP contribution in [0.25, 0.3) is 0 Å². The minimum Gasteiger partial charge on any atom is -0.507 e. The van der Waals surface area contributed by atoms with Crippen molar-refractivity contribution in [1.82, 2.24) is 5.43 Å². The Balaban J connectivity index is 1.72. The van der Waals surface area contributed by atoms with Crippen molar-refractivity contribution in [2.75, 3.05) is 13.7 Å². The Labute approximate surface area is 208 Å². The number of carbonyl (C=O) groups is 1. The zero-order valence-electron chi connectivity index (χ0n) is 18.0. The number of nitrogens with zero attached hydrogens (tertiary/aromatic N) is 1. The van der Waals surface area contributed by atoms with Gasteiger partial charge in [-0.1, -0.05) is 28.1 Å². The molecule has 2 N–H and O–H groups in total. The summed E-state index contributed by atoms with van der Waals surface area (Å²) >= 11 is 6.95. The van der Waals surface area contributed by atoms with Gasteiger partial charge in [-0.15, -0.1) is 0 Å². The molecule has 33 heavy (non-hydrogen) atoms. The molecule has 0 radical (unpaired) electrons. The number of hydrogen-bond acceptors (Lipinski definition) is 6. The Kier molecular flexibility index (Phi) is 8.73. The van der Waals surface area contributed by atoms with Crippen LogP contribution in [-0.4, -0.2) is 30.9 Å². The molecule has 0 fully saturated rings. The molecule has 0 saturated carbocycles. The minimum atomic E-state index is -0.551. The molecule has 0 saturated heterocycles. The highest BCUT2D eigenvalue weighted by molar-refractivity contribution is 9.10. The minimum absolute atomic E-state index is 0.0841. The number of carbonyl (C=O) groups excluding carboxylic acids is 1. The largest absolute Gasteiger partial charge is 0.507 e. The summed E-state index contributed by atoms with van der Waals surface area (Å²) in [5.74, 6) is 0.817. The quantitative estimate of drug-likeness (QED) is 0.253. The summed E-state index contributed by atoms with van der Waals surface area (Å²) in [6.07, 6.45) is 1.48. The molecule has 9 heteroatoms. The number of nitrogens with one attached hydrogen (secondary N) is 1. The van der Waals surface area contributed by atoms with Crippen LogP contribution in [0.2, 0.25) is 0 Å². The summed E-state index contributed by atoms with van der Waals surface area (Å²) in [4.78, 5) is 12.3. The van der Waals surface area contributed by atoms with Crippen LogP contribution in [0.1, 0.15) is 28.4 Å². The summed E-state index contributed by atoms with van der Waals surface area (Å²) in [7, 11) is 1.48. The third kappa shape index (κ3) is 6.72.